The van der Waals surface area contributed by atoms with E-state index in [4.69, 9.17) is 4.74 Å². The quantitative estimate of drug-likeness (QED) is 0.680. The zero-order valence-corrected chi connectivity index (χ0v) is 11.1. The van der Waals surface area contributed by atoms with Crippen molar-refractivity contribution in [2.45, 2.75) is 39.2 Å². The molecule has 2 N–H and O–H groups in total. The van der Waals surface area contributed by atoms with Gasteiger partial charge in [0.05, 0.1) is 6.61 Å². The molecule has 96 valence electrons. The van der Waals surface area contributed by atoms with Gasteiger partial charge < -0.3 is 4.74 Å². The molecule has 1 aliphatic rings. The van der Waals surface area contributed by atoms with Crippen molar-refractivity contribution in [2.75, 3.05) is 20.3 Å². The molecule has 0 aromatic carbocycles. The summed E-state index contributed by atoms with van der Waals surface area (Å²) in [5, 5.41) is 0. The van der Waals surface area contributed by atoms with Crippen LogP contribution in [0.25, 0.3) is 0 Å². The van der Waals surface area contributed by atoms with Crippen molar-refractivity contribution in [1.82, 2.24) is 9.44 Å². The Kier molecular flexibility index (Phi) is 4.73. The second-order valence-electron chi connectivity index (χ2n) is 5.11. The van der Waals surface area contributed by atoms with E-state index in [1.54, 1.807) is 7.11 Å². The average molecular weight is 250 g/mol. The number of methoxy groups -OCH3 is 1. The lowest BCUT2D eigenvalue weighted by atomic mass is 9.92. The van der Waals surface area contributed by atoms with Crippen molar-refractivity contribution in [3.63, 3.8) is 0 Å². The first kappa shape index (κ1) is 13.9. The van der Waals surface area contributed by atoms with E-state index in [1.165, 1.54) is 0 Å². The highest BCUT2D eigenvalue weighted by Gasteiger charge is 2.32. The summed E-state index contributed by atoms with van der Waals surface area (Å²) in [6, 6.07) is 0.0649. The van der Waals surface area contributed by atoms with Crippen LogP contribution in [-0.4, -0.2) is 34.7 Å². The lowest BCUT2D eigenvalue weighted by Gasteiger charge is -2.18. The van der Waals surface area contributed by atoms with Gasteiger partial charge in [-0.1, -0.05) is 13.8 Å². The second kappa shape index (κ2) is 5.44. The molecule has 0 bridgehead atoms. The Morgan fingerprint density at radius 2 is 2.12 bits per heavy atom. The van der Waals surface area contributed by atoms with Crippen LogP contribution in [0.2, 0.25) is 0 Å². The fourth-order valence-electron chi connectivity index (χ4n) is 2.08. The first-order valence-corrected chi connectivity index (χ1v) is 7.09. The summed E-state index contributed by atoms with van der Waals surface area (Å²) in [5.74, 6) is 0. The molecule has 0 spiro atoms. The Labute approximate surface area is 98.1 Å². The molecule has 0 aromatic rings. The largest absolute Gasteiger partial charge is 0.383 e. The van der Waals surface area contributed by atoms with Crippen molar-refractivity contribution in [2.24, 2.45) is 5.41 Å². The molecule has 1 aliphatic carbocycles. The second-order valence-corrected chi connectivity index (χ2v) is 6.64. The molecule has 0 radical (unpaired) electrons. The van der Waals surface area contributed by atoms with Crippen molar-refractivity contribution < 1.29 is 13.2 Å². The lowest BCUT2D eigenvalue weighted by molar-refractivity contribution is 0.204. The molecule has 1 atom stereocenters. The SMILES string of the molecule is COCCNS(=O)(=O)NC1CCC(C)(C)C1. The van der Waals surface area contributed by atoms with Crippen LogP contribution < -0.4 is 9.44 Å². The summed E-state index contributed by atoms with van der Waals surface area (Å²) in [5.41, 5.74) is 0.250. The molecule has 1 rings (SSSR count). The van der Waals surface area contributed by atoms with Crippen LogP contribution in [0.3, 0.4) is 0 Å². The Bertz CT molecular complexity index is 314. The highest BCUT2D eigenvalue weighted by molar-refractivity contribution is 7.87. The summed E-state index contributed by atoms with van der Waals surface area (Å²) in [6.45, 7) is 5.03. The van der Waals surface area contributed by atoms with Crippen LogP contribution in [0.4, 0.5) is 0 Å². The van der Waals surface area contributed by atoms with Crippen LogP contribution >= 0.6 is 0 Å². The first-order valence-electron chi connectivity index (χ1n) is 5.60. The number of hydrogen-bond acceptors (Lipinski definition) is 3. The maximum Gasteiger partial charge on any atom is 0.277 e. The van der Waals surface area contributed by atoms with Gasteiger partial charge in [0.2, 0.25) is 0 Å². The minimum Gasteiger partial charge on any atom is -0.383 e. The monoisotopic (exact) mass is 250 g/mol. The van der Waals surface area contributed by atoms with Gasteiger partial charge in [0.15, 0.2) is 0 Å². The van der Waals surface area contributed by atoms with Gasteiger partial charge in [-0.3, -0.25) is 0 Å². The molecule has 6 heteroatoms. The topological polar surface area (TPSA) is 67.4 Å². The Morgan fingerprint density at radius 1 is 1.44 bits per heavy atom. The molecule has 5 nitrogen and oxygen atoms in total. The van der Waals surface area contributed by atoms with E-state index >= 15 is 0 Å². The number of rotatable bonds is 6. The van der Waals surface area contributed by atoms with E-state index in [1.807, 2.05) is 0 Å². The van der Waals surface area contributed by atoms with Gasteiger partial charge in [-0.15, -0.1) is 0 Å². The molecular formula is C10H22N2O3S. The smallest absolute Gasteiger partial charge is 0.277 e. The molecule has 0 aliphatic heterocycles. The van der Waals surface area contributed by atoms with Gasteiger partial charge in [0.25, 0.3) is 10.2 Å². The van der Waals surface area contributed by atoms with E-state index in [0.29, 0.717) is 13.2 Å². The molecule has 1 saturated carbocycles. The van der Waals surface area contributed by atoms with Crippen LogP contribution in [0.1, 0.15) is 33.1 Å². The van der Waals surface area contributed by atoms with Gasteiger partial charge in [0, 0.05) is 19.7 Å². The maximum absolute atomic E-state index is 11.6. The minimum absolute atomic E-state index is 0.0649. The third kappa shape index (κ3) is 4.78. The molecule has 0 amide bonds. The molecule has 16 heavy (non-hydrogen) atoms. The van der Waals surface area contributed by atoms with E-state index in [0.717, 1.165) is 19.3 Å². The first-order chi connectivity index (χ1) is 7.35. The highest BCUT2D eigenvalue weighted by atomic mass is 32.2. The number of nitrogens with one attached hydrogen (secondary N) is 2. The predicted molar refractivity (Wildman–Crippen MR) is 63.4 cm³/mol. The van der Waals surface area contributed by atoms with Gasteiger partial charge in [-0.05, 0) is 24.7 Å². The van der Waals surface area contributed by atoms with E-state index in [2.05, 4.69) is 23.3 Å². The summed E-state index contributed by atoms with van der Waals surface area (Å²) in [6.07, 6.45) is 2.88. The van der Waals surface area contributed by atoms with Crippen LogP contribution in [0.15, 0.2) is 0 Å². The fraction of sp³-hybridized carbons (Fsp3) is 1.00. The van der Waals surface area contributed by atoms with E-state index < -0.39 is 10.2 Å². The zero-order valence-electron chi connectivity index (χ0n) is 10.2. The Morgan fingerprint density at radius 3 is 2.62 bits per heavy atom. The van der Waals surface area contributed by atoms with Crippen molar-refractivity contribution >= 4 is 10.2 Å². The van der Waals surface area contributed by atoms with Gasteiger partial charge in [-0.2, -0.15) is 17.9 Å². The van der Waals surface area contributed by atoms with E-state index in [9.17, 15) is 8.42 Å². The third-order valence-corrected chi connectivity index (χ3v) is 4.12. The number of hydrogen-bond donors (Lipinski definition) is 2. The molecule has 0 saturated heterocycles. The van der Waals surface area contributed by atoms with Crippen molar-refractivity contribution in [3.05, 3.63) is 0 Å². The number of ether oxygens (including phenoxy) is 1. The zero-order chi connectivity index (χ0) is 12.2. The maximum atomic E-state index is 11.6. The summed E-state index contributed by atoms with van der Waals surface area (Å²) < 4.78 is 33.1. The van der Waals surface area contributed by atoms with Gasteiger partial charge >= 0.3 is 0 Å². The normalized spacial score (nSPS) is 24.8. The van der Waals surface area contributed by atoms with Crippen LogP contribution in [-0.2, 0) is 14.9 Å². The summed E-state index contributed by atoms with van der Waals surface area (Å²) in [7, 11) is -1.82. The highest BCUT2D eigenvalue weighted by Crippen LogP contribution is 2.36. The lowest BCUT2D eigenvalue weighted by Crippen LogP contribution is -2.43. The molecule has 1 unspecified atom stereocenters. The molecule has 0 aromatic heterocycles. The van der Waals surface area contributed by atoms with Gasteiger partial charge in [-0.25, -0.2) is 0 Å². The standard InChI is InChI=1S/C10H22N2O3S/c1-10(2)5-4-9(8-10)12-16(13,14)11-6-7-15-3/h9,11-12H,4-8H2,1-3H3. The van der Waals surface area contributed by atoms with Crippen LogP contribution in [0, 0.1) is 5.41 Å². The van der Waals surface area contributed by atoms with Crippen molar-refractivity contribution in [3.8, 4) is 0 Å². The third-order valence-electron chi connectivity index (χ3n) is 2.89. The van der Waals surface area contributed by atoms with Crippen LogP contribution in [0.5, 0.6) is 0 Å². The Balaban J connectivity index is 2.36. The Hall–Kier alpha value is -0.170. The molecule has 1 fully saturated rings. The minimum atomic E-state index is -3.37. The average Bonchev–Trinajstić information content (AvgIpc) is 2.44. The van der Waals surface area contributed by atoms with Gasteiger partial charge in [0.1, 0.15) is 0 Å². The molecule has 0 heterocycles. The molecular weight excluding hydrogens is 228 g/mol. The predicted octanol–water partition coefficient (Wildman–Crippen LogP) is 0.635. The summed E-state index contributed by atoms with van der Waals surface area (Å²) in [4.78, 5) is 0. The van der Waals surface area contributed by atoms with Crippen molar-refractivity contribution in [1.29, 1.82) is 0 Å². The van der Waals surface area contributed by atoms with E-state index in [-0.39, 0.29) is 11.5 Å². The fourth-order valence-corrected chi connectivity index (χ4v) is 3.15. The summed E-state index contributed by atoms with van der Waals surface area (Å²) >= 11 is 0.